The number of carbonyl (C=O) groups excluding carboxylic acids is 1. The third kappa shape index (κ3) is 5.17. The van der Waals surface area contributed by atoms with Crippen molar-refractivity contribution in [2.24, 2.45) is 17.8 Å². The van der Waals surface area contributed by atoms with E-state index in [9.17, 15) is 9.59 Å². The van der Waals surface area contributed by atoms with Crippen LogP contribution in [0.25, 0.3) is 0 Å². The average Bonchev–Trinajstić information content (AvgIpc) is 2.09. The highest BCUT2D eigenvalue weighted by Gasteiger charge is 2.25. The molecule has 1 unspecified atom stereocenters. The molecule has 0 aromatic heterocycles. The van der Waals surface area contributed by atoms with E-state index in [1.807, 2.05) is 0 Å². The van der Waals surface area contributed by atoms with Gasteiger partial charge in [0.15, 0.2) is 0 Å². The predicted octanol–water partition coefficient (Wildman–Crippen LogP) is 0.459. The number of hydrogen-bond donors (Lipinski definition) is 3. The fourth-order valence-electron chi connectivity index (χ4n) is 2.02. The van der Waals surface area contributed by atoms with Crippen molar-refractivity contribution in [3.63, 3.8) is 0 Å². The molecule has 1 heterocycles. The molecule has 0 aliphatic carbocycles. The summed E-state index contributed by atoms with van der Waals surface area (Å²) in [6.45, 7) is 6.07. The van der Waals surface area contributed by atoms with Crippen molar-refractivity contribution in [3.8, 4) is 0 Å². The Morgan fingerprint density at radius 3 is 2.47 bits per heavy atom. The SMILES string of the molecule is CC(C)CC(CNC(=O)C1CNC1)CC(=O)O. The van der Waals surface area contributed by atoms with Gasteiger partial charge in [-0.15, -0.1) is 0 Å². The molecule has 5 nitrogen and oxygen atoms in total. The predicted molar refractivity (Wildman–Crippen MR) is 64.6 cm³/mol. The molecule has 0 saturated carbocycles. The van der Waals surface area contributed by atoms with E-state index < -0.39 is 5.97 Å². The monoisotopic (exact) mass is 242 g/mol. The van der Waals surface area contributed by atoms with Crippen LogP contribution in [0.1, 0.15) is 26.7 Å². The molecule has 3 N–H and O–H groups in total. The molecule has 5 heteroatoms. The fraction of sp³-hybridized carbons (Fsp3) is 0.833. The first kappa shape index (κ1) is 14.0. The highest BCUT2D eigenvalue weighted by atomic mass is 16.4. The van der Waals surface area contributed by atoms with Gasteiger partial charge in [0.1, 0.15) is 0 Å². The molecule has 0 spiro atoms. The summed E-state index contributed by atoms with van der Waals surface area (Å²) in [7, 11) is 0. The van der Waals surface area contributed by atoms with Crippen molar-refractivity contribution < 1.29 is 14.7 Å². The van der Waals surface area contributed by atoms with Gasteiger partial charge in [0.2, 0.25) is 5.91 Å². The Labute approximate surface area is 102 Å². The molecule has 0 radical (unpaired) electrons. The number of rotatable bonds is 7. The van der Waals surface area contributed by atoms with E-state index in [-0.39, 0.29) is 24.2 Å². The van der Waals surface area contributed by atoms with Crippen LogP contribution in [-0.2, 0) is 9.59 Å². The fourth-order valence-corrected chi connectivity index (χ4v) is 2.02. The van der Waals surface area contributed by atoms with Crippen molar-refractivity contribution in [1.82, 2.24) is 10.6 Å². The van der Waals surface area contributed by atoms with Crippen LogP contribution in [0.2, 0.25) is 0 Å². The molecule has 0 bridgehead atoms. The maximum Gasteiger partial charge on any atom is 0.303 e. The summed E-state index contributed by atoms with van der Waals surface area (Å²) in [6, 6.07) is 0. The topological polar surface area (TPSA) is 78.4 Å². The minimum atomic E-state index is -0.796. The molecule has 1 atom stereocenters. The zero-order valence-corrected chi connectivity index (χ0v) is 10.5. The van der Waals surface area contributed by atoms with E-state index in [0.717, 1.165) is 19.5 Å². The minimum Gasteiger partial charge on any atom is -0.481 e. The van der Waals surface area contributed by atoms with Gasteiger partial charge < -0.3 is 15.7 Å². The maximum absolute atomic E-state index is 11.6. The van der Waals surface area contributed by atoms with E-state index in [0.29, 0.717) is 12.5 Å². The molecule has 0 aromatic carbocycles. The van der Waals surface area contributed by atoms with Crippen molar-refractivity contribution in [2.75, 3.05) is 19.6 Å². The van der Waals surface area contributed by atoms with Crippen LogP contribution in [0.5, 0.6) is 0 Å². The first-order valence-electron chi connectivity index (χ1n) is 6.19. The molecule has 98 valence electrons. The van der Waals surface area contributed by atoms with Crippen molar-refractivity contribution in [3.05, 3.63) is 0 Å². The van der Waals surface area contributed by atoms with Crippen molar-refractivity contribution in [2.45, 2.75) is 26.7 Å². The van der Waals surface area contributed by atoms with Crippen LogP contribution >= 0.6 is 0 Å². The standard InChI is InChI=1S/C12H22N2O3/c1-8(2)3-9(4-11(15)16)5-14-12(17)10-6-13-7-10/h8-10,13H,3-7H2,1-2H3,(H,14,17)(H,15,16). The van der Waals surface area contributed by atoms with Crippen molar-refractivity contribution in [1.29, 1.82) is 0 Å². The lowest BCUT2D eigenvalue weighted by atomic mass is 9.93. The molecule has 1 saturated heterocycles. The van der Waals surface area contributed by atoms with E-state index in [2.05, 4.69) is 24.5 Å². The maximum atomic E-state index is 11.6. The second-order valence-electron chi connectivity index (χ2n) is 5.19. The molecule has 1 fully saturated rings. The molecular weight excluding hydrogens is 220 g/mol. The van der Waals surface area contributed by atoms with Crippen LogP contribution in [0.15, 0.2) is 0 Å². The number of nitrogens with one attached hydrogen (secondary N) is 2. The summed E-state index contributed by atoms with van der Waals surface area (Å²) in [6.07, 6.45) is 0.955. The zero-order chi connectivity index (χ0) is 12.8. The number of carboxylic acid groups (broad SMARTS) is 1. The van der Waals surface area contributed by atoms with Crippen LogP contribution < -0.4 is 10.6 Å². The van der Waals surface area contributed by atoms with Crippen LogP contribution in [0, 0.1) is 17.8 Å². The summed E-state index contributed by atoms with van der Waals surface area (Å²) >= 11 is 0. The van der Waals surface area contributed by atoms with E-state index in [1.54, 1.807) is 0 Å². The van der Waals surface area contributed by atoms with E-state index in [4.69, 9.17) is 5.11 Å². The van der Waals surface area contributed by atoms with Gasteiger partial charge in [-0.1, -0.05) is 13.8 Å². The number of amides is 1. The Hall–Kier alpha value is -1.10. The lowest BCUT2D eigenvalue weighted by Crippen LogP contribution is -2.51. The van der Waals surface area contributed by atoms with Crippen LogP contribution in [0.4, 0.5) is 0 Å². The van der Waals surface area contributed by atoms with Gasteiger partial charge >= 0.3 is 5.97 Å². The quantitative estimate of drug-likeness (QED) is 0.606. The number of carboxylic acids is 1. The average molecular weight is 242 g/mol. The molecule has 17 heavy (non-hydrogen) atoms. The number of carbonyl (C=O) groups is 2. The second-order valence-corrected chi connectivity index (χ2v) is 5.19. The lowest BCUT2D eigenvalue weighted by molar-refractivity contribution is -0.138. The second kappa shape index (κ2) is 6.59. The largest absolute Gasteiger partial charge is 0.481 e. The molecule has 1 aliphatic heterocycles. The first-order chi connectivity index (χ1) is 7.99. The molecular formula is C12H22N2O3. The summed E-state index contributed by atoms with van der Waals surface area (Å²) in [5.41, 5.74) is 0. The van der Waals surface area contributed by atoms with Gasteiger partial charge in [-0.05, 0) is 18.3 Å². The Kier molecular flexibility index (Phi) is 5.41. The van der Waals surface area contributed by atoms with Gasteiger partial charge in [-0.2, -0.15) is 0 Å². The van der Waals surface area contributed by atoms with Crippen LogP contribution in [0.3, 0.4) is 0 Å². The highest BCUT2D eigenvalue weighted by Crippen LogP contribution is 2.15. The van der Waals surface area contributed by atoms with Gasteiger partial charge in [-0.25, -0.2) is 0 Å². The van der Waals surface area contributed by atoms with E-state index >= 15 is 0 Å². The third-order valence-electron chi connectivity index (χ3n) is 2.99. The highest BCUT2D eigenvalue weighted by molar-refractivity contribution is 5.80. The first-order valence-corrected chi connectivity index (χ1v) is 6.19. The Balaban J connectivity index is 2.31. The Bertz CT molecular complexity index is 275. The summed E-state index contributed by atoms with van der Waals surface area (Å²) in [5.74, 6) is -0.205. The summed E-state index contributed by atoms with van der Waals surface area (Å²) < 4.78 is 0. The van der Waals surface area contributed by atoms with E-state index in [1.165, 1.54) is 0 Å². The molecule has 0 aromatic rings. The van der Waals surface area contributed by atoms with Gasteiger partial charge in [-0.3, -0.25) is 9.59 Å². The minimum absolute atomic E-state index is 0.0319. The van der Waals surface area contributed by atoms with Gasteiger partial charge in [0, 0.05) is 26.1 Å². The molecule has 1 aliphatic rings. The van der Waals surface area contributed by atoms with Crippen molar-refractivity contribution >= 4 is 11.9 Å². The molecule has 1 amide bonds. The van der Waals surface area contributed by atoms with Gasteiger partial charge in [0.05, 0.1) is 5.92 Å². The normalized spacial score (nSPS) is 17.6. The Morgan fingerprint density at radius 2 is 2.06 bits per heavy atom. The number of hydrogen-bond acceptors (Lipinski definition) is 3. The lowest BCUT2D eigenvalue weighted by Gasteiger charge is -2.27. The number of aliphatic carboxylic acids is 1. The third-order valence-corrected chi connectivity index (χ3v) is 2.99. The Morgan fingerprint density at radius 1 is 1.41 bits per heavy atom. The smallest absolute Gasteiger partial charge is 0.303 e. The molecule has 1 rings (SSSR count). The van der Waals surface area contributed by atoms with Crippen LogP contribution in [-0.4, -0.2) is 36.6 Å². The summed E-state index contributed by atoms with van der Waals surface area (Å²) in [5, 5.41) is 14.7. The summed E-state index contributed by atoms with van der Waals surface area (Å²) in [4.78, 5) is 22.3. The zero-order valence-electron chi connectivity index (χ0n) is 10.5. The van der Waals surface area contributed by atoms with Gasteiger partial charge in [0.25, 0.3) is 0 Å².